The molecule has 0 saturated carbocycles. The molecule has 2 saturated heterocycles. The molecule has 2 heterocycles. The molecule has 0 spiro atoms. The monoisotopic (exact) mass is 507 g/mol. The highest BCUT2D eigenvalue weighted by molar-refractivity contribution is 7.89. The number of anilines is 1. The molecule has 0 radical (unpaired) electrons. The maximum atomic E-state index is 13.3. The number of hydrogen-bond acceptors (Lipinski definition) is 6. The Bertz CT molecular complexity index is 1120. The lowest BCUT2D eigenvalue weighted by molar-refractivity contribution is -0.137. The van der Waals surface area contributed by atoms with Crippen molar-refractivity contribution in [2.45, 2.75) is 17.7 Å². The predicted octanol–water partition coefficient (Wildman–Crippen LogP) is 3.11. The number of hydrogen-bond donors (Lipinski definition) is 0. The maximum Gasteiger partial charge on any atom is 0.243 e. The van der Waals surface area contributed by atoms with Crippen LogP contribution in [0.2, 0.25) is 5.02 Å². The minimum atomic E-state index is -3.75. The fraction of sp³-hybridized carbons (Fsp3) is 0.458. The maximum absolute atomic E-state index is 13.3. The fourth-order valence-corrected chi connectivity index (χ4v) is 6.43. The number of nitrogens with zero attached hydrogens (tertiary/aromatic N) is 3. The lowest BCUT2D eigenvalue weighted by atomic mass is 9.97. The second-order valence-corrected chi connectivity index (χ2v) is 10.9. The molecule has 0 aromatic heterocycles. The average Bonchev–Trinajstić information content (AvgIpc) is 2.88. The zero-order chi connectivity index (χ0) is 24.3. The van der Waals surface area contributed by atoms with Gasteiger partial charge in [-0.3, -0.25) is 4.79 Å². The predicted molar refractivity (Wildman–Crippen MR) is 131 cm³/mol. The Morgan fingerprint density at radius 2 is 1.68 bits per heavy atom. The Labute approximate surface area is 206 Å². The van der Waals surface area contributed by atoms with Gasteiger partial charge in [0.15, 0.2) is 0 Å². The Morgan fingerprint density at radius 3 is 2.29 bits per heavy atom. The average molecular weight is 508 g/mol. The molecule has 0 aliphatic carbocycles. The highest BCUT2D eigenvalue weighted by atomic mass is 35.5. The minimum absolute atomic E-state index is 0.0297. The molecule has 1 amide bonds. The van der Waals surface area contributed by atoms with Crippen molar-refractivity contribution in [3.8, 4) is 11.5 Å². The number of halogens is 1. The summed E-state index contributed by atoms with van der Waals surface area (Å²) in [6.07, 6.45) is 1.33. The molecule has 0 bridgehead atoms. The van der Waals surface area contributed by atoms with Gasteiger partial charge in [0.05, 0.1) is 30.1 Å². The number of methoxy groups -OCH3 is 2. The number of rotatable bonds is 6. The quantitative estimate of drug-likeness (QED) is 0.598. The van der Waals surface area contributed by atoms with Crippen molar-refractivity contribution < 1.29 is 22.7 Å². The summed E-state index contributed by atoms with van der Waals surface area (Å²) in [6.45, 7) is 3.27. The number of piperidine rings is 1. The molecule has 2 aromatic rings. The highest BCUT2D eigenvalue weighted by Crippen LogP contribution is 2.31. The van der Waals surface area contributed by atoms with Crippen molar-refractivity contribution >= 4 is 33.2 Å². The van der Waals surface area contributed by atoms with E-state index in [0.29, 0.717) is 38.2 Å². The largest absolute Gasteiger partial charge is 0.497 e. The third-order valence-corrected chi connectivity index (χ3v) is 8.68. The first kappa shape index (κ1) is 24.6. The summed E-state index contributed by atoms with van der Waals surface area (Å²) < 4.78 is 38.2. The summed E-state index contributed by atoms with van der Waals surface area (Å²) in [7, 11) is -0.632. The van der Waals surface area contributed by atoms with Gasteiger partial charge in [-0.25, -0.2) is 8.42 Å². The number of sulfonamides is 1. The normalized spacial score (nSPS) is 19.7. The highest BCUT2D eigenvalue weighted by Gasteiger charge is 2.36. The molecule has 2 fully saturated rings. The SMILES string of the molecule is COc1ccc(N2CCN(C(=O)[C@H]3CCCN(S(=O)(=O)c4ccc(OC)c(Cl)c4)C3)CC2)cc1. The van der Waals surface area contributed by atoms with Crippen LogP contribution in [0.4, 0.5) is 5.69 Å². The van der Waals surface area contributed by atoms with Crippen LogP contribution in [0.15, 0.2) is 47.4 Å². The van der Waals surface area contributed by atoms with Gasteiger partial charge in [0.25, 0.3) is 0 Å². The molecule has 2 aromatic carbocycles. The van der Waals surface area contributed by atoms with Gasteiger partial charge in [-0.05, 0) is 55.3 Å². The van der Waals surface area contributed by atoms with Gasteiger partial charge >= 0.3 is 0 Å². The summed E-state index contributed by atoms with van der Waals surface area (Å²) in [6, 6.07) is 12.3. The van der Waals surface area contributed by atoms with Gasteiger partial charge in [0.2, 0.25) is 15.9 Å². The number of amides is 1. The van der Waals surface area contributed by atoms with Crippen LogP contribution in [-0.4, -0.2) is 77.0 Å². The minimum Gasteiger partial charge on any atom is -0.497 e. The van der Waals surface area contributed by atoms with Crippen LogP contribution < -0.4 is 14.4 Å². The molecule has 34 heavy (non-hydrogen) atoms. The van der Waals surface area contributed by atoms with E-state index >= 15 is 0 Å². The Hall–Kier alpha value is -2.49. The molecular formula is C24H30ClN3O5S. The van der Waals surface area contributed by atoms with E-state index in [9.17, 15) is 13.2 Å². The topological polar surface area (TPSA) is 79.4 Å². The number of carbonyl (C=O) groups is 1. The molecule has 2 aliphatic rings. The molecule has 0 N–H and O–H groups in total. The number of benzene rings is 2. The first-order valence-corrected chi connectivity index (χ1v) is 13.2. The van der Waals surface area contributed by atoms with Gasteiger partial charge in [0.1, 0.15) is 11.5 Å². The standard InChI is InChI=1S/C24H30ClN3O5S/c1-32-20-7-5-19(6-8-20)26-12-14-27(15-13-26)24(29)18-4-3-11-28(17-18)34(30,31)21-9-10-23(33-2)22(25)16-21/h5-10,16,18H,3-4,11-15,17H2,1-2H3/t18-/m0/s1. The zero-order valence-electron chi connectivity index (χ0n) is 19.4. The van der Waals surface area contributed by atoms with Crippen molar-refractivity contribution in [2.24, 2.45) is 5.92 Å². The molecular weight excluding hydrogens is 478 g/mol. The van der Waals surface area contributed by atoms with E-state index in [-0.39, 0.29) is 28.3 Å². The Morgan fingerprint density at radius 1 is 0.971 bits per heavy atom. The third kappa shape index (κ3) is 5.11. The summed E-state index contributed by atoms with van der Waals surface area (Å²) in [4.78, 5) is 17.5. The van der Waals surface area contributed by atoms with Crippen molar-refractivity contribution in [2.75, 3.05) is 58.4 Å². The number of carbonyl (C=O) groups excluding carboxylic acids is 1. The van der Waals surface area contributed by atoms with Crippen LogP contribution in [0.1, 0.15) is 12.8 Å². The van der Waals surface area contributed by atoms with Crippen LogP contribution in [0.3, 0.4) is 0 Å². The van der Waals surface area contributed by atoms with E-state index in [4.69, 9.17) is 21.1 Å². The van der Waals surface area contributed by atoms with Crippen LogP contribution in [-0.2, 0) is 14.8 Å². The van der Waals surface area contributed by atoms with E-state index in [2.05, 4.69) is 4.90 Å². The van der Waals surface area contributed by atoms with Crippen LogP contribution in [0, 0.1) is 5.92 Å². The van der Waals surface area contributed by atoms with E-state index in [0.717, 1.165) is 24.5 Å². The molecule has 0 unspecified atom stereocenters. The van der Waals surface area contributed by atoms with Gasteiger partial charge in [-0.15, -0.1) is 0 Å². The first-order valence-electron chi connectivity index (χ1n) is 11.3. The first-order chi connectivity index (χ1) is 16.3. The smallest absolute Gasteiger partial charge is 0.243 e. The second-order valence-electron chi connectivity index (χ2n) is 8.51. The lowest BCUT2D eigenvalue weighted by Gasteiger charge is -2.39. The van der Waals surface area contributed by atoms with Gasteiger partial charge in [-0.2, -0.15) is 4.31 Å². The Kier molecular flexibility index (Phi) is 7.54. The van der Waals surface area contributed by atoms with Crippen LogP contribution in [0.5, 0.6) is 11.5 Å². The van der Waals surface area contributed by atoms with Gasteiger partial charge in [-0.1, -0.05) is 11.6 Å². The van der Waals surface area contributed by atoms with E-state index < -0.39 is 10.0 Å². The summed E-state index contributed by atoms with van der Waals surface area (Å²) >= 11 is 6.15. The lowest BCUT2D eigenvalue weighted by Crippen LogP contribution is -2.53. The molecule has 1 atom stereocenters. The zero-order valence-corrected chi connectivity index (χ0v) is 21.0. The van der Waals surface area contributed by atoms with Crippen molar-refractivity contribution in [3.05, 3.63) is 47.5 Å². The number of piperazine rings is 1. The number of ether oxygens (including phenoxy) is 2. The molecule has 4 rings (SSSR count). The van der Waals surface area contributed by atoms with Gasteiger partial charge in [0, 0.05) is 45.0 Å². The van der Waals surface area contributed by atoms with E-state index in [1.54, 1.807) is 13.2 Å². The Balaban J connectivity index is 1.38. The van der Waals surface area contributed by atoms with Crippen LogP contribution in [0.25, 0.3) is 0 Å². The molecule has 184 valence electrons. The van der Waals surface area contributed by atoms with Gasteiger partial charge < -0.3 is 19.3 Å². The summed E-state index contributed by atoms with van der Waals surface area (Å²) in [5, 5.41) is 0.239. The van der Waals surface area contributed by atoms with Crippen molar-refractivity contribution in [1.29, 1.82) is 0 Å². The molecule has 2 aliphatic heterocycles. The molecule has 8 nitrogen and oxygen atoms in total. The van der Waals surface area contributed by atoms with E-state index in [1.807, 2.05) is 29.2 Å². The molecule has 10 heteroatoms. The third-order valence-electron chi connectivity index (χ3n) is 6.52. The summed E-state index contributed by atoms with van der Waals surface area (Å²) in [5.74, 6) is 0.916. The second kappa shape index (κ2) is 10.4. The van der Waals surface area contributed by atoms with E-state index in [1.165, 1.54) is 23.5 Å². The van der Waals surface area contributed by atoms with Crippen molar-refractivity contribution in [3.63, 3.8) is 0 Å². The summed E-state index contributed by atoms with van der Waals surface area (Å²) in [5.41, 5.74) is 1.10. The van der Waals surface area contributed by atoms with Crippen molar-refractivity contribution in [1.82, 2.24) is 9.21 Å². The fourth-order valence-electron chi connectivity index (χ4n) is 4.56. The van der Waals surface area contributed by atoms with Crippen LogP contribution >= 0.6 is 11.6 Å².